The summed E-state index contributed by atoms with van der Waals surface area (Å²) < 4.78 is 5.71. The first-order chi connectivity index (χ1) is 11.3. The molecule has 1 saturated carbocycles. The zero-order chi connectivity index (χ0) is 16.1. The normalized spacial score (nSPS) is 14.0. The fraction of sp³-hybridized carbons (Fsp3) is 0.450. The summed E-state index contributed by atoms with van der Waals surface area (Å²) >= 11 is 0. The first-order valence-electron chi connectivity index (χ1n) is 8.69. The van der Waals surface area contributed by atoms with Crippen LogP contribution in [0.5, 0.6) is 5.75 Å². The lowest BCUT2D eigenvalue weighted by atomic mass is 10.1. The van der Waals surface area contributed by atoms with E-state index in [0.29, 0.717) is 0 Å². The Kier molecular flexibility index (Phi) is 5.29. The number of benzene rings is 1. The average molecular weight is 310 g/mol. The molecular weight excluding hydrogens is 284 g/mol. The third-order valence-electron chi connectivity index (χ3n) is 4.27. The Bertz CT molecular complexity index is 633. The van der Waals surface area contributed by atoms with E-state index in [-0.39, 0.29) is 0 Å². The van der Waals surface area contributed by atoms with Gasteiger partial charge in [-0.25, -0.2) is 0 Å². The molecule has 3 rings (SSSR count). The van der Waals surface area contributed by atoms with Gasteiger partial charge in [0.25, 0.3) is 0 Å². The third-order valence-corrected chi connectivity index (χ3v) is 4.27. The summed E-state index contributed by atoms with van der Waals surface area (Å²) in [7, 11) is 0. The monoisotopic (exact) mass is 310 g/mol. The zero-order valence-corrected chi connectivity index (χ0v) is 14.1. The number of pyridine rings is 1. The Morgan fingerprint density at radius 1 is 1.13 bits per heavy atom. The number of hydrogen-bond acceptors (Lipinski definition) is 3. The van der Waals surface area contributed by atoms with Gasteiger partial charge in [0.1, 0.15) is 5.75 Å². The highest BCUT2D eigenvalue weighted by atomic mass is 16.5. The molecular formula is C20H26N2O. The van der Waals surface area contributed by atoms with Gasteiger partial charge in [-0.2, -0.15) is 0 Å². The molecule has 0 aliphatic heterocycles. The minimum absolute atomic E-state index is 0.731. The van der Waals surface area contributed by atoms with Crippen LogP contribution in [0, 0.1) is 6.92 Å². The van der Waals surface area contributed by atoms with Gasteiger partial charge in [-0.05, 0) is 62.1 Å². The van der Waals surface area contributed by atoms with Crippen molar-refractivity contribution in [3.8, 4) is 17.0 Å². The van der Waals surface area contributed by atoms with Crippen molar-refractivity contribution in [2.45, 2.75) is 52.1 Å². The van der Waals surface area contributed by atoms with E-state index >= 15 is 0 Å². The standard InChI is InChI=1S/C20H26N2O/c1-3-4-13-23-19-10-5-16(6-11-19)20-12-7-17(15(2)22-20)14-21-18-8-9-18/h5-7,10-12,18,21H,3-4,8-9,13-14H2,1-2H3. The molecule has 1 aliphatic carbocycles. The van der Waals surface area contributed by atoms with Gasteiger partial charge in [-0.15, -0.1) is 0 Å². The molecule has 1 fully saturated rings. The van der Waals surface area contributed by atoms with Gasteiger partial charge in [0.2, 0.25) is 0 Å². The maximum atomic E-state index is 5.71. The fourth-order valence-electron chi connectivity index (χ4n) is 2.54. The van der Waals surface area contributed by atoms with Crippen LogP contribution in [0.3, 0.4) is 0 Å². The molecule has 1 aromatic heterocycles. The molecule has 3 heteroatoms. The van der Waals surface area contributed by atoms with Crippen molar-refractivity contribution in [2.75, 3.05) is 6.61 Å². The van der Waals surface area contributed by atoms with Crippen LogP contribution >= 0.6 is 0 Å². The van der Waals surface area contributed by atoms with E-state index in [1.54, 1.807) is 0 Å². The van der Waals surface area contributed by atoms with Gasteiger partial charge in [0.05, 0.1) is 12.3 Å². The van der Waals surface area contributed by atoms with Gasteiger partial charge in [-0.3, -0.25) is 4.98 Å². The Labute approximate surface area is 139 Å². The van der Waals surface area contributed by atoms with Gasteiger partial charge < -0.3 is 10.1 Å². The number of unbranched alkanes of at least 4 members (excludes halogenated alkanes) is 1. The summed E-state index contributed by atoms with van der Waals surface area (Å²) in [6.07, 6.45) is 4.89. The molecule has 0 radical (unpaired) electrons. The second-order valence-corrected chi connectivity index (χ2v) is 6.32. The smallest absolute Gasteiger partial charge is 0.119 e. The molecule has 1 N–H and O–H groups in total. The van der Waals surface area contributed by atoms with E-state index in [1.807, 2.05) is 12.1 Å². The summed E-state index contributed by atoms with van der Waals surface area (Å²) in [5, 5.41) is 3.55. The lowest BCUT2D eigenvalue weighted by Gasteiger charge is -2.10. The zero-order valence-electron chi connectivity index (χ0n) is 14.1. The number of rotatable bonds is 8. The van der Waals surface area contributed by atoms with Crippen molar-refractivity contribution < 1.29 is 4.74 Å². The van der Waals surface area contributed by atoms with Crippen molar-refractivity contribution >= 4 is 0 Å². The number of aromatic nitrogens is 1. The van der Waals surface area contributed by atoms with Crippen molar-refractivity contribution in [3.63, 3.8) is 0 Å². The largest absolute Gasteiger partial charge is 0.494 e. The number of ether oxygens (including phenoxy) is 1. The van der Waals surface area contributed by atoms with Crippen molar-refractivity contribution in [1.82, 2.24) is 10.3 Å². The predicted molar refractivity (Wildman–Crippen MR) is 94.7 cm³/mol. The van der Waals surface area contributed by atoms with E-state index in [1.165, 1.54) is 18.4 Å². The lowest BCUT2D eigenvalue weighted by molar-refractivity contribution is 0.309. The van der Waals surface area contributed by atoms with E-state index in [0.717, 1.165) is 54.7 Å². The number of hydrogen-bond donors (Lipinski definition) is 1. The molecule has 23 heavy (non-hydrogen) atoms. The molecule has 1 aromatic carbocycles. The van der Waals surface area contributed by atoms with Crippen molar-refractivity contribution in [2.24, 2.45) is 0 Å². The summed E-state index contributed by atoms with van der Waals surface area (Å²) in [6.45, 7) is 5.98. The fourth-order valence-corrected chi connectivity index (χ4v) is 2.54. The molecule has 0 spiro atoms. The molecule has 0 amide bonds. The molecule has 0 saturated heterocycles. The van der Waals surface area contributed by atoms with Crippen LogP contribution in [0.25, 0.3) is 11.3 Å². The number of aryl methyl sites for hydroxylation is 1. The molecule has 0 atom stereocenters. The highest BCUT2D eigenvalue weighted by Gasteiger charge is 2.20. The average Bonchev–Trinajstić information content (AvgIpc) is 3.39. The highest BCUT2D eigenvalue weighted by Crippen LogP contribution is 2.23. The third kappa shape index (κ3) is 4.55. The topological polar surface area (TPSA) is 34.1 Å². The molecule has 0 bridgehead atoms. The highest BCUT2D eigenvalue weighted by molar-refractivity contribution is 5.60. The maximum Gasteiger partial charge on any atom is 0.119 e. The Morgan fingerprint density at radius 2 is 1.91 bits per heavy atom. The first-order valence-corrected chi connectivity index (χ1v) is 8.69. The summed E-state index contributed by atoms with van der Waals surface area (Å²) in [4.78, 5) is 4.77. The molecule has 122 valence electrons. The Hall–Kier alpha value is -1.87. The van der Waals surface area contributed by atoms with E-state index in [4.69, 9.17) is 9.72 Å². The van der Waals surface area contributed by atoms with Crippen molar-refractivity contribution in [3.05, 3.63) is 47.7 Å². The molecule has 0 unspecified atom stereocenters. The van der Waals surface area contributed by atoms with Crippen LogP contribution < -0.4 is 10.1 Å². The SMILES string of the molecule is CCCCOc1ccc(-c2ccc(CNC3CC3)c(C)n2)cc1. The predicted octanol–water partition coefficient (Wildman–Crippen LogP) is 4.49. The minimum Gasteiger partial charge on any atom is -0.494 e. The van der Waals surface area contributed by atoms with E-state index in [9.17, 15) is 0 Å². The van der Waals surface area contributed by atoms with Gasteiger partial charge in [0, 0.05) is 23.8 Å². The number of nitrogens with zero attached hydrogens (tertiary/aromatic N) is 1. The Balaban J connectivity index is 1.64. The number of nitrogens with one attached hydrogen (secondary N) is 1. The minimum atomic E-state index is 0.731. The molecule has 1 aliphatic rings. The van der Waals surface area contributed by atoms with Gasteiger partial charge in [0.15, 0.2) is 0 Å². The molecule has 2 aromatic rings. The van der Waals surface area contributed by atoms with Crippen LogP contribution in [0.4, 0.5) is 0 Å². The summed E-state index contributed by atoms with van der Waals surface area (Å²) in [5.41, 5.74) is 4.56. The summed E-state index contributed by atoms with van der Waals surface area (Å²) in [6, 6.07) is 13.3. The maximum absolute atomic E-state index is 5.71. The van der Waals surface area contributed by atoms with Crippen LogP contribution in [0.2, 0.25) is 0 Å². The van der Waals surface area contributed by atoms with Crippen LogP contribution in [-0.2, 0) is 6.54 Å². The first kappa shape index (κ1) is 16.0. The molecule has 1 heterocycles. The lowest BCUT2D eigenvalue weighted by Crippen LogP contribution is -2.16. The van der Waals surface area contributed by atoms with Crippen molar-refractivity contribution in [1.29, 1.82) is 0 Å². The van der Waals surface area contributed by atoms with Gasteiger partial charge in [-0.1, -0.05) is 19.4 Å². The van der Waals surface area contributed by atoms with E-state index < -0.39 is 0 Å². The van der Waals surface area contributed by atoms with Crippen LogP contribution in [-0.4, -0.2) is 17.6 Å². The summed E-state index contributed by atoms with van der Waals surface area (Å²) in [5.74, 6) is 0.934. The second-order valence-electron chi connectivity index (χ2n) is 6.32. The molecule has 3 nitrogen and oxygen atoms in total. The quantitative estimate of drug-likeness (QED) is 0.730. The Morgan fingerprint density at radius 3 is 2.57 bits per heavy atom. The van der Waals surface area contributed by atoms with Crippen LogP contribution in [0.15, 0.2) is 36.4 Å². The van der Waals surface area contributed by atoms with Crippen LogP contribution in [0.1, 0.15) is 43.9 Å². The van der Waals surface area contributed by atoms with Gasteiger partial charge >= 0.3 is 0 Å². The van der Waals surface area contributed by atoms with E-state index in [2.05, 4.69) is 43.4 Å². The second kappa shape index (κ2) is 7.60.